The number of rotatable bonds is 8. The van der Waals surface area contributed by atoms with Crippen molar-refractivity contribution in [3.63, 3.8) is 0 Å². The first-order chi connectivity index (χ1) is 8.24. The summed E-state index contributed by atoms with van der Waals surface area (Å²) in [6.07, 6.45) is 5.71. The monoisotopic (exact) mass is 258 g/mol. The Hall–Kier alpha value is -1.08. The number of nitrogens with zero attached hydrogens (tertiary/aromatic N) is 3. The third-order valence-corrected chi connectivity index (χ3v) is 2.88. The molecule has 1 rings (SSSR count). The molecule has 17 heavy (non-hydrogen) atoms. The number of aromatic nitrogens is 3. The van der Waals surface area contributed by atoms with E-state index < -0.39 is 6.10 Å². The van der Waals surface area contributed by atoms with Crippen LogP contribution < -0.4 is 5.32 Å². The van der Waals surface area contributed by atoms with E-state index in [-0.39, 0.29) is 5.91 Å². The number of hydrogen-bond donors (Lipinski definition) is 2. The molecular weight excluding hydrogens is 240 g/mol. The topological polar surface area (TPSA) is 80.0 Å². The molecule has 6 nitrogen and oxygen atoms in total. The van der Waals surface area contributed by atoms with Crippen LogP contribution in [0.15, 0.2) is 12.4 Å². The van der Waals surface area contributed by atoms with Crippen molar-refractivity contribution in [1.82, 2.24) is 20.3 Å². The van der Waals surface area contributed by atoms with E-state index in [0.29, 0.717) is 19.5 Å². The summed E-state index contributed by atoms with van der Waals surface area (Å²) in [5.74, 6) is 0.491. The van der Waals surface area contributed by atoms with E-state index in [2.05, 4.69) is 15.6 Å². The van der Waals surface area contributed by atoms with E-state index in [1.54, 1.807) is 28.8 Å². The van der Waals surface area contributed by atoms with E-state index in [0.717, 1.165) is 12.2 Å². The highest BCUT2D eigenvalue weighted by atomic mass is 32.2. The molecule has 0 saturated carbocycles. The van der Waals surface area contributed by atoms with Crippen molar-refractivity contribution in [1.29, 1.82) is 0 Å². The number of aliphatic hydroxyl groups is 1. The molecule has 0 spiro atoms. The fourth-order valence-corrected chi connectivity index (χ4v) is 1.74. The maximum atomic E-state index is 11.4. The van der Waals surface area contributed by atoms with Crippen LogP contribution in [-0.4, -0.2) is 50.7 Å². The van der Waals surface area contributed by atoms with Crippen molar-refractivity contribution in [2.75, 3.05) is 18.6 Å². The van der Waals surface area contributed by atoms with Crippen LogP contribution in [0.5, 0.6) is 0 Å². The van der Waals surface area contributed by atoms with Gasteiger partial charge in [-0.1, -0.05) is 5.21 Å². The molecule has 1 aromatic rings. The van der Waals surface area contributed by atoms with Crippen LogP contribution in [0.1, 0.15) is 12.8 Å². The number of thioether (sulfide) groups is 1. The molecule has 0 fully saturated rings. The molecular formula is C10H18N4O2S. The maximum Gasteiger partial charge on any atom is 0.248 e. The van der Waals surface area contributed by atoms with E-state index in [1.807, 2.05) is 6.26 Å². The van der Waals surface area contributed by atoms with E-state index in [9.17, 15) is 9.90 Å². The summed E-state index contributed by atoms with van der Waals surface area (Å²) in [7, 11) is 0. The summed E-state index contributed by atoms with van der Waals surface area (Å²) in [5, 5.41) is 19.7. The van der Waals surface area contributed by atoms with Crippen molar-refractivity contribution in [3.8, 4) is 0 Å². The normalized spacial score (nSPS) is 12.4. The standard InChI is InChI=1S/C10H18N4O2S/c1-17-8-3-9(15)10(16)11-4-2-6-14-7-5-12-13-14/h5,7,9,15H,2-4,6,8H2,1H3,(H,11,16). The molecule has 2 N–H and O–H groups in total. The fraction of sp³-hybridized carbons (Fsp3) is 0.700. The first kappa shape index (κ1) is 14.0. The zero-order valence-corrected chi connectivity index (χ0v) is 10.7. The molecule has 1 aromatic heterocycles. The summed E-state index contributed by atoms with van der Waals surface area (Å²) in [6.45, 7) is 1.25. The molecule has 7 heteroatoms. The zero-order chi connectivity index (χ0) is 12.5. The molecule has 0 bridgehead atoms. The van der Waals surface area contributed by atoms with E-state index in [4.69, 9.17) is 0 Å². The van der Waals surface area contributed by atoms with Gasteiger partial charge in [0, 0.05) is 19.3 Å². The Labute approximate surface area is 105 Å². The van der Waals surface area contributed by atoms with Crippen LogP contribution in [0, 0.1) is 0 Å². The lowest BCUT2D eigenvalue weighted by molar-refractivity contribution is -0.129. The smallest absolute Gasteiger partial charge is 0.248 e. The molecule has 0 radical (unpaired) electrons. The van der Waals surface area contributed by atoms with Crippen LogP contribution in [0.3, 0.4) is 0 Å². The lowest BCUT2D eigenvalue weighted by Crippen LogP contribution is -2.35. The Morgan fingerprint density at radius 3 is 3.12 bits per heavy atom. The zero-order valence-electron chi connectivity index (χ0n) is 9.87. The Kier molecular flexibility index (Phi) is 6.64. The van der Waals surface area contributed by atoms with Crippen LogP contribution in [0.25, 0.3) is 0 Å². The van der Waals surface area contributed by atoms with Crippen LogP contribution in [-0.2, 0) is 11.3 Å². The average Bonchev–Trinajstić information content (AvgIpc) is 2.84. The SMILES string of the molecule is CSCCC(O)C(=O)NCCCn1ccnn1. The summed E-state index contributed by atoms with van der Waals surface area (Å²) < 4.78 is 1.70. The summed E-state index contributed by atoms with van der Waals surface area (Å²) in [4.78, 5) is 11.4. The third-order valence-electron chi connectivity index (χ3n) is 2.23. The number of amides is 1. The van der Waals surface area contributed by atoms with Crippen molar-refractivity contribution in [3.05, 3.63) is 12.4 Å². The second kappa shape index (κ2) is 8.08. The van der Waals surface area contributed by atoms with Crippen LogP contribution in [0.2, 0.25) is 0 Å². The van der Waals surface area contributed by atoms with Gasteiger partial charge in [0.2, 0.25) is 5.91 Å². The van der Waals surface area contributed by atoms with Gasteiger partial charge in [-0.25, -0.2) is 0 Å². The minimum absolute atomic E-state index is 0.294. The van der Waals surface area contributed by atoms with Crippen molar-refractivity contribution >= 4 is 17.7 Å². The number of carbonyl (C=O) groups is 1. The maximum absolute atomic E-state index is 11.4. The highest BCUT2D eigenvalue weighted by Gasteiger charge is 2.13. The largest absolute Gasteiger partial charge is 0.383 e. The molecule has 1 unspecified atom stereocenters. The predicted molar refractivity (Wildman–Crippen MR) is 66.7 cm³/mol. The number of nitrogens with one attached hydrogen (secondary N) is 1. The minimum Gasteiger partial charge on any atom is -0.383 e. The first-order valence-electron chi connectivity index (χ1n) is 5.53. The van der Waals surface area contributed by atoms with E-state index in [1.165, 1.54) is 0 Å². The van der Waals surface area contributed by atoms with Gasteiger partial charge in [-0.2, -0.15) is 11.8 Å². The highest BCUT2D eigenvalue weighted by molar-refractivity contribution is 7.98. The third kappa shape index (κ3) is 5.69. The predicted octanol–water partition coefficient (Wildman–Crippen LogP) is -0.102. The number of hydrogen-bond acceptors (Lipinski definition) is 5. The minimum atomic E-state index is -0.895. The van der Waals surface area contributed by atoms with E-state index >= 15 is 0 Å². The Morgan fingerprint density at radius 1 is 1.65 bits per heavy atom. The van der Waals surface area contributed by atoms with Crippen molar-refractivity contribution in [2.24, 2.45) is 0 Å². The molecule has 1 atom stereocenters. The lowest BCUT2D eigenvalue weighted by atomic mass is 10.2. The molecule has 0 aromatic carbocycles. The molecule has 96 valence electrons. The molecule has 1 heterocycles. The lowest BCUT2D eigenvalue weighted by Gasteiger charge is -2.10. The number of aryl methyl sites for hydroxylation is 1. The molecule has 1 amide bonds. The summed E-state index contributed by atoms with van der Waals surface area (Å²) >= 11 is 1.62. The quantitative estimate of drug-likeness (QED) is 0.636. The highest BCUT2D eigenvalue weighted by Crippen LogP contribution is 2.00. The van der Waals surface area contributed by atoms with Gasteiger partial charge < -0.3 is 10.4 Å². The van der Waals surface area contributed by atoms with Gasteiger partial charge in [0.05, 0.1) is 6.20 Å². The number of aliphatic hydroxyl groups excluding tert-OH is 1. The van der Waals surface area contributed by atoms with Gasteiger partial charge in [0.1, 0.15) is 6.10 Å². The molecule has 0 aliphatic heterocycles. The second-order valence-electron chi connectivity index (χ2n) is 3.61. The van der Waals surface area contributed by atoms with Gasteiger partial charge in [0.25, 0.3) is 0 Å². The van der Waals surface area contributed by atoms with Gasteiger partial charge in [-0.15, -0.1) is 5.10 Å². The van der Waals surface area contributed by atoms with Crippen molar-refractivity contribution < 1.29 is 9.90 Å². The van der Waals surface area contributed by atoms with Crippen LogP contribution in [0.4, 0.5) is 0 Å². The average molecular weight is 258 g/mol. The second-order valence-corrected chi connectivity index (χ2v) is 4.59. The Morgan fingerprint density at radius 2 is 2.47 bits per heavy atom. The van der Waals surface area contributed by atoms with Gasteiger partial charge in [-0.3, -0.25) is 9.48 Å². The van der Waals surface area contributed by atoms with Crippen LogP contribution >= 0.6 is 11.8 Å². The Bertz CT molecular complexity index is 318. The van der Waals surface area contributed by atoms with Gasteiger partial charge >= 0.3 is 0 Å². The summed E-state index contributed by atoms with van der Waals surface area (Å²) in [6, 6.07) is 0. The molecule has 0 aliphatic rings. The van der Waals surface area contributed by atoms with Gasteiger partial charge in [0.15, 0.2) is 0 Å². The molecule has 0 saturated heterocycles. The van der Waals surface area contributed by atoms with Gasteiger partial charge in [-0.05, 0) is 24.9 Å². The van der Waals surface area contributed by atoms with Crippen molar-refractivity contribution in [2.45, 2.75) is 25.5 Å². The molecule has 0 aliphatic carbocycles. The Balaban J connectivity index is 2.07. The summed E-state index contributed by atoms with van der Waals surface area (Å²) in [5.41, 5.74) is 0. The fourth-order valence-electron chi connectivity index (χ4n) is 1.28. The first-order valence-corrected chi connectivity index (χ1v) is 6.92. The number of carbonyl (C=O) groups excluding carboxylic acids is 1.